The Morgan fingerprint density at radius 3 is 1.79 bits per heavy atom. The number of hydrogen-bond donors (Lipinski definition) is 0. The zero-order valence-corrected chi connectivity index (χ0v) is 17.5. The average Bonchev–Trinajstić information content (AvgIpc) is 3.06. The highest BCUT2D eigenvalue weighted by Gasteiger charge is 2.36. The summed E-state index contributed by atoms with van der Waals surface area (Å²) >= 11 is 0. The molecular weight excluding hydrogens is 393 g/mol. The Balaban J connectivity index is 0.000000769. The Morgan fingerprint density at radius 2 is 1.43 bits per heavy atom. The van der Waals surface area contributed by atoms with Crippen LogP contribution in [0, 0.1) is 0 Å². The van der Waals surface area contributed by atoms with Gasteiger partial charge in [-0.15, -0.1) is 0 Å². The molecule has 0 amide bonds. The number of alkyl halides is 3. The molecule has 0 aromatic carbocycles. The van der Waals surface area contributed by atoms with E-state index in [0.717, 1.165) is 6.54 Å². The summed E-state index contributed by atoms with van der Waals surface area (Å²) in [5.74, 6) is 0. The lowest BCUT2D eigenvalue weighted by atomic mass is 10.1. The van der Waals surface area contributed by atoms with Crippen LogP contribution in [0.25, 0.3) is 6.20 Å². The maximum atomic E-state index is 10.7. The predicted molar refractivity (Wildman–Crippen MR) is 103 cm³/mol. The molecule has 0 saturated heterocycles. The molecule has 0 radical (unpaired) electrons. The van der Waals surface area contributed by atoms with Crippen molar-refractivity contribution in [2.24, 2.45) is 0 Å². The maximum absolute atomic E-state index is 10.7. The van der Waals surface area contributed by atoms with Crippen molar-refractivity contribution in [1.29, 1.82) is 0 Å². The topological polar surface area (TPSA) is 66.0 Å². The molecule has 0 aliphatic rings. The summed E-state index contributed by atoms with van der Waals surface area (Å²) in [6.45, 7) is 7.17. The number of imidazole rings is 1. The van der Waals surface area contributed by atoms with Crippen LogP contribution in [0.2, 0.25) is 0 Å². The van der Waals surface area contributed by atoms with Crippen molar-refractivity contribution >= 4 is 16.3 Å². The molecule has 164 valence electrons. The number of nitrogens with zero attached hydrogens (tertiary/aromatic N) is 2. The lowest BCUT2D eigenvalue weighted by Crippen LogP contribution is -2.30. The van der Waals surface area contributed by atoms with E-state index >= 15 is 0 Å². The Hall–Kier alpha value is -1.35. The number of rotatable bonds is 13. The van der Waals surface area contributed by atoms with Gasteiger partial charge in [-0.1, -0.05) is 71.3 Å². The lowest BCUT2D eigenvalue weighted by Gasteiger charge is -2.08. The van der Waals surface area contributed by atoms with Crippen LogP contribution in [-0.4, -0.2) is 23.0 Å². The van der Waals surface area contributed by atoms with Gasteiger partial charge < -0.3 is 4.55 Å². The first-order valence-corrected chi connectivity index (χ1v) is 11.2. The first-order valence-electron chi connectivity index (χ1n) is 9.83. The molecule has 0 fully saturated rings. The summed E-state index contributed by atoms with van der Waals surface area (Å²) in [7, 11) is -6.09. The Morgan fingerprint density at radius 1 is 1.00 bits per heavy atom. The van der Waals surface area contributed by atoms with E-state index < -0.39 is 15.6 Å². The summed E-state index contributed by atoms with van der Waals surface area (Å²) < 4.78 is 63.1. The maximum Gasteiger partial charge on any atom is 0.485 e. The van der Waals surface area contributed by atoms with Crippen LogP contribution in [0.5, 0.6) is 0 Å². The summed E-state index contributed by atoms with van der Waals surface area (Å²) in [5.41, 5.74) is -5.65. The molecule has 9 heteroatoms. The Kier molecular flexibility index (Phi) is 13.9. The van der Waals surface area contributed by atoms with E-state index in [4.69, 9.17) is 13.0 Å². The highest BCUT2D eigenvalue weighted by molar-refractivity contribution is 7.86. The molecule has 0 spiro atoms. The quantitative estimate of drug-likeness (QED) is 0.188. The van der Waals surface area contributed by atoms with E-state index in [9.17, 15) is 13.2 Å². The third-order valence-electron chi connectivity index (χ3n) is 4.23. The van der Waals surface area contributed by atoms with Gasteiger partial charge in [-0.2, -0.15) is 13.2 Å². The molecule has 0 aliphatic heterocycles. The standard InChI is InChI=1S/C18H33N2.CHF3O3S/c1-3-5-6-7-8-9-10-11-12-13-14-15-20-17-16-19(4-2)18-20;2-1(3,4)8(5,6)7/h4,16-18H,2-3,5-15H2,1H3;(H,5,6,7)/q+1;/p-1. The van der Waals surface area contributed by atoms with Gasteiger partial charge in [0.15, 0.2) is 10.1 Å². The van der Waals surface area contributed by atoms with Crippen molar-refractivity contribution < 1.29 is 30.7 Å². The average molecular weight is 427 g/mol. The lowest BCUT2D eigenvalue weighted by molar-refractivity contribution is -0.696. The van der Waals surface area contributed by atoms with Gasteiger partial charge in [-0.05, 0) is 12.8 Å². The second-order valence-corrected chi connectivity index (χ2v) is 8.09. The van der Waals surface area contributed by atoms with Gasteiger partial charge in [-0.3, -0.25) is 0 Å². The molecule has 1 heterocycles. The number of aromatic nitrogens is 2. The van der Waals surface area contributed by atoms with Crippen LogP contribution in [0.15, 0.2) is 25.3 Å². The van der Waals surface area contributed by atoms with Crippen LogP contribution in [-0.2, 0) is 16.7 Å². The molecule has 0 atom stereocenters. The van der Waals surface area contributed by atoms with E-state index in [-0.39, 0.29) is 0 Å². The molecule has 1 rings (SSSR count). The van der Waals surface area contributed by atoms with E-state index in [0.29, 0.717) is 0 Å². The van der Waals surface area contributed by atoms with Crippen LogP contribution >= 0.6 is 0 Å². The van der Waals surface area contributed by atoms with Crippen molar-refractivity contribution in [1.82, 2.24) is 4.57 Å². The largest absolute Gasteiger partial charge is 0.741 e. The minimum absolute atomic E-state index is 1.14. The molecule has 0 unspecified atom stereocenters. The fourth-order valence-corrected chi connectivity index (χ4v) is 2.61. The Bertz CT molecular complexity index is 629. The number of halogens is 3. The third kappa shape index (κ3) is 13.8. The van der Waals surface area contributed by atoms with E-state index in [2.05, 4.69) is 30.6 Å². The number of aryl methyl sites for hydroxylation is 1. The number of hydrogen-bond acceptors (Lipinski definition) is 3. The molecule has 1 aromatic rings. The second-order valence-electron chi connectivity index (χ2n) is 6.72. The van der Waals surface area contributed by atoms with Gasteiger partial charge in [-0.25, -0.2) is 17.6 Å². The molecule has 1 aromatic heterocycles. The fourth-order valence-electron chi connectivity index (χ4n) is 2.61. The van der Waals surface area contributed by atoms with E-state index in [1.54, 1.807) is 0 Å². The summed E-state index contributed by atoms with van der Waals surface area (Å²) in [4.78, 5) is 0. The summed E-state index contributed by atoms with van der Waals surface area (Å²) in [5, 5.41) is 0. The zero-order valence-electron chi connectivity index (χ0n) is 16.7. The van der Waals surface area contributed by atoms with Crippen molar-refractivity contribution in [2.45, 2.75) is 89.6 Å². The minimum Gasteiger partial charge on any atom is -0.741 e. The van der Waals surface area contributed by atoms with E-state index in [1.807, 2.05) is 17.0 Å². The molecule has 0 N–H and O–H groups in total. The van der Waals surface area contributed by atoms with E-state index in [1.165, 1.54) is 70.6 Å². The molecule has 28 heavy (non-hydrogen) atoms. The van der Waals surface area contributed by atoms with Crippen LogP contribution in [0.4, 0.5) is 13.2 Å². The fraction of sp³-hybridized carbons (Fsp3) is 0.737. The molecule has 0 bridgehead atoms. The predicted octanol–water partition coefficient (Wildman–Crippen LogP) is 5.24. The third-order valence-corrected chi connectivity index (χ3v) is 4.79. The molecule has 0 aliphatic carbocycles. The monoisotopic (exact) mass is 426 g/mol. The second kappa shape index (κ2) is 14.6. The van der Waals surface area contributed by atoms with Gasteiger partial charge in [0.1, 0.15) is 12.4 Å². The van der Waals surface area contributed by atoms with Crippen molar-refractivity contribution in [3.8, 4) is 0 Å². The molecule has 0 saturated carbocycles. The normalized spacial score (nSPS) is 11.8. The van der Waals surface area contributed by atoms with Crippen molar-refractivity contribution in [3.05, 3.63) is 25.3 Å². The SMILES string of the molecule is C=Cn1cc[n+](CCCCCCCCCCCCC)c1.O=S(=O)([O-])C(F)(F)F. The van der Waals surface area contributed by atoms with Gasteiger partial charge in [0.25, 0.3) is 0 Å². The van der Waals surface area contributed by atoms with Gasteiger partial charge >= 0.3 is 5.51 Å². The van der Waals surface area contributed by atoms with Gasteiger partial charge in [0.05, 0.1) is 12.7 Å². The minimum atomic E-state index is -6.09. The van der Waals surface area contributed by atoms with Gasteiger partial charge in [0.2, 0.25) is 6.33 Å². The molecule has 5 nitrogen and oxygen atoms in total. The van der Waals surface area contributed by atoms with Gasteiger partial charge in [0, 0.05) is 0 Å². The highest BCUT2D eigenvalue weighted by atomic mass is 32.2. The number of unbranched alkanes of at least 4 members (excludes halogenated alkanes) is 10. The highest BCUT2D eigenvalue weighted by Crippen LogP contribution is 2.20. The van der Waals surface area contributed by atoms with Crippen molar-refractivity contribution in [2.75, 3.05) is 0 Å². The first-order chi connectivity index (χ1) is 13.1. The van der Waals surface area contributed by atoms with Crippen LogP contribution < -0.4 is 4.57 Å². The molecular formula is C19H33F3N2O3S. The van der Waals surface area contributed by atoms with Crippen molar-refractivity contribution in [3.63, 3.8) is 0 Å². The first kappa shape index (κ1) is 26.6. The van der Waals surface area contributed by atoms with Crippen LogP contribution in [0.3, 0.4) is 0 Å². The Labute approximate surface area is 167 Å². The smallest absolute Gasteiger partial charge is 0.485 e. The summed E-state index contributed by atoms with van der Waals surface area (Å²) in [6.07, 6.45) is 23.6. The summed E-state index contributed by atoms with van der Waals surface area (Å²) in [6, 6.07) is 0. The zero-order chi connectivity index (χ0) is 21.5. The van der Waals surface area contributed by atoms with Crippen LogP contribution in [0.1, 0.15) is 77.6 Å².